The molecule has 0 aromatic carbocycles. The summed E-state index contributed by atoms with van der Waals surface area (Å²) in [6, 6.07) is 0. The topological polar surface area (TPSA) is 0 Å². The number of alkyl halides is 1. The second-order valence-corrected chi connectivity index (χ2v) is 6.23. The first-order chi connectivity index (χ1) is 6.09. The lowest BCUT2D eigenvalue weighted by atomic mass is 9.62. The van der Waals surface area contributed by atoms with Crippen LogP contribution in [0.1, 0.15) is 52.4 Å². The average Bonchev–Trinajstić information content (AvgIpc) is 2.06. The molecule has 2 fully saturated rings. The van der Waals surface area contributed by atoms with Crippen LogP contribution in [0.15, 0.2) is 0 Å². The first kappa shape index (κ1) is 9.83. The van der Waals surface area contributed by atoms with E-state index in [2.05, 4.69) is 13.8 Å². The molecule has 0 nitrogen and oxygen atoms in total. The monoisotopic (exact) mass is 200 g/mol. The SMILES string of the molecule is CC1(C)C[C@H]2CCCC[C@H]2C[C@@H]1Cl. The first-order valence-electron chi connectivity index (χ1n) is 5.74. The Morgan fingerprint density at radius 3 is 2.38 bits per heavy atom. The van der Waals surface area contributed by atoms with Crippen molar-refractivity contribution in [2.45, 2.75) is 57.7 Å². The fourth-order valence-electron chi connectivity index (χ4n) is 3.25. The van der Waals surface area contributed by atoms with E-state index in [-0.39, 0.29) is 0 Å². The van der Waals surface area contributed by atoms with Gasteiger partial charge in [0.15, 0.2) is 0 Å². The van der Waals surface area contributed by atoms with Gasteiger partial charge in [-0.15, -0.1) is 11.6 Å². The summed E-state index contributed by atoms with van der Waals surface area (Å²) in [6.45, 7) is 4.69. The van der Waals surface area contributed by atoms with Gasteiger partial charge in [-0.25, -0.2) is 0 Å². The third-order valence-electron chi connectivity index (χ3n) is 4.21. The van der Waals surface area contributed by atoms with Gasteiger partial charge in [0.05, 0.1) is 0 Å². The summed E-state index contributed by atoms with van der Waals surface area (Å²) in [5, 5.41) is 0.423. The molecule has 0 saturated heterocycles. The molecule has 2 saturated carbocycles. The summed E-state index contributed by atoms with van der Waals surface area (Å²) in [6.07, 6.45) is 8.47. The van der Waals surface area contributed by atoms with E-state index in [0.29, 0.717) is 10.8 Å². The summed E-state index contributed by atoms with van der Waals surface area (Å²) in [5.74, 6) is 1.96. The lowest BCUT2D eigenvalue weighted by Gasteiger charge is -2.46. The van der Waals surface area contributed by atoms with Gasteiger partial charge < -0.3 is 0 Å². The van der Waals surface area contributed by atoms with Crippen LogP contribution in [0.3, 0.4) is 0 Å². The molecule has 0 unspecified atom stereocenters. The molecular formula is C12H21Cl. The van der Waals surface area contributed by atoms with E-state index < -0.39 is 0 Å². The van der Waals surface area contributed by atoms with Gasteiger partial charge >= 0.3 is 0 Å². The number of fused-ring (bicyclic) bond motifs is 1. The van der Waals surface area contributed by atoms with Crippen molar-refractivity contribution in [1.82, 2.24) is 0 Å². The van der Waals surface area contributed by atoms with Crippen LogP contribution in [0.2, 0.25) is 0 Å². The number of rotatable bonds is 0. The molecule has 3 atom stereocenters. The molecule has 0 aliphatic heterocycles. The van der Waals surface area contributed by atoms with Gasteiger partial charge in [0.2, 0.25) is 0 Å². The molecule has 0 radical (unpaired) electrons. The molecule has 0 aromatic rings. The van der Waals surface area contributed by atoms with Crippen LogP contribution in [-0.4, -0.2) is 5.38 Å². The Balaban J connectivity index is 2.05. The molecule has 76 valence electrons. The van der Waals surface area contributed by atoms with Gasteiger partial charge in [0.1, 0.15) is 0 Å². The third-order valence-corrected chi connectivity index (χ3v) is 4.98. The fraction of sp³-hybridized carbons (Fsp3) is 1.00. The average molecular weight is 201 g/mol. The van der Waals surface area contributed by atoms with E-state index in [1.54, 1.807) is 0 Å². The normalized spacial score (nSPS) is 44.1. The maximum atomic E-state index is 6.43. The van der Waals surface area contributed by atoms with Gasteiger partial charge in [0.25, 0.3) is 0 Å². The Bertz CT molecular complexity index is 186. The quantitative estimate of drug-likeness (QED) is 0.514. The highest BCUT2D eigenvalue weighted by molar-refractivity contribution is 6.21. The van der Waals surface area contributed by atoms with Gasteiger partial charge in [-0.3, -0.25) is 0 Å². The highest BCUT2D eigenvalue weighted by atomic mass is 35.5. The molecule has 0 aromatic heterocycles. The first-order valence-corrected chi connectivity index (χ1v) is 6.17. The summed E-state index contributed by atoms with van der Waals surface area (Å²) in [4.78, 5) is 0. The zero-order valence-electron chi connectivity index (χ0n) is 8.85. The van der Waals surface area contributed by atoms with E-state index in [1.807, 2.05) is 0 Å². The fourth-order valence-corrected chi connectivity index (χ4v) is 3.57. The minimum atomic E-state index is 0.389. The Morgan fingerprint density at radius 2 is 1.69 bits per heavy atom. The van der Waals surface area contributed by atoms with Gasteiger partial charge in [-0.2, -0.15) is 0 Å². The predicted octanol–water partition coefficient (Wildman–Crippen LogP) is 4.22. The van der Waals surface area contributed by atoms with E-state index in [1.165, 1.54) is 38.5 Å². The number of hydrogen-bond acceptors (Lipinski definition) is 0. The van der Waals surface area contributed by atoms with E-state index in [0.717, 1.165) is 11.8 Å². The highest BCUT2D eigenvalue weighted by Crippen LogP contribution is 2.49. The standard InChI is InChI=1S/C12H21Cl/c1-12(2)8-10-6-4-3-5-9(10)7-11(12)13/h9-11H,3-8H2,1-2H3/t9-,10+,11-/m0/s1. The maximum Gasteiger partial charge on any atom is 0.0389 e. The van der Waals surface area contributed by atoms with Crippen molar-refractivity contribution in [3.8, 4) is 0 Å². The molecule has 13 heavy (non-hydrogen) atoms. The Hall–Kier alpha value is 0.290. The van der Waals surface area contributed by atoms with E-state index in [4.69, 9.17) is 11.6 Å². The summed E-state index contributed by atoms with van der Waals surface area (Å²) in [7, 11) is 0. The molecule has 0 heterocycles. The highest BCUT2D eigenvalue weighted by Gasteiger charge is 2.41. The van der Waals surface area contributed by atoms with Crippen molar-refractivity contribution in [2.24, 2.45) is 17.3 Å². The molecule has 0 bridgehead atoms. The molecule has 0 spiro atoms. The molecule has 0 amide bonds. The van der Waals surface area contributed by atoms with Gasteiger partial charge in [0, 0.05) is 5.38 Å². The summed E-state index contributed by atoms with van der Waals surface area (Å²) >= 11 is 6.43. The second kappa shape index (κ2) is 3.46. The third kappa shape index (κ3) is 1.88. The summed E-state index contributed by atoms with van der Waals surface area (Å²) in [5.41, 5.74) is 0.389. The lowest BCUT2D eigenvalue weighted by Crippen LogP contribution is -2.39. The maximum absolute atomic E-state index is 6.43. The van der Waals surface area contributed by atoms with Crippen molar-refractivity contribution >= 4 is 11.6 Å². The molecule has 2 aliphatic carbocycles. The largest absolute Gasteiger partial charge is 0.122 e. The zero-order valence-corrected chi connectivity index (χ0v) is 9.61. The molecule has 0 N–H and O–H groups in total. The van der Waals surface area contributed by atoms with E-state index >= 15 is 0 Å². The predicted molar refractivity (Wildman–Crippen MR) is 58.1 cm³/mol. The van der Waals surface area contributed by atoms with Crippen LogP contribution in [-0.2, 0) is 0 Å². The van der Waals surface area contributed by atoms with Crippen LogP contribution in [0.5, 0.6) is 0 Å². The van der Waals surface area contributed by atoms with Crippen molar-refractivity contribution < 1.29 is 0 Å². The minimum Gasteiger partial charge on any atom is -0.122 e. The molecule has 1 heteroatoms. The second-order valence-electron chi connectivity index (χ2n) is 5.70. The van der Waals surface area contributed by atoms with Crippen molar-refractivity contribution in [2.75, 3.05) is 0 Å². The molecule has 2 aliphatic rings. The van der Waals surface area contributed by atoms with Crippen LogP contribution < -0.4 is 0 Å². The Kier molecular flexibility index (Phi) is 2.61. The zero-order chi connectivity index (χ0) is 9.47. The van der Waals surface area contributed by atoms with Crippen molar-refractivity contribution in [3.63, 3.8) is 0 Å². The van der Waals surface area contributed by atoms with Crippen LogP contribution >= 0.6 is 11.6 Å². The van der Waals surface area contributed by atoms with Gasteiger partial charge in [-0.05, 0) is 30.1 Å². The molecular weight excluding hydrogens is 180 g/mol. The minimum absolute atomic E-state index is 0.389. The molecule has 2 rings (SSSR count). The van der Waals surface area contributed by atoms with Gasteiger partial charge in [-0.1, -0.05) is 39.5 Å². The van der Waals surface area contributed by atoms with Crippen molar-refractivity contribution in [1.29, 1.82) is 0 Å². The van der Waals surface area contributed by atoms with Crippen molar-refractivity contribution in [3.05, 3.63) is 0 Å². The number of halogens is 1. The number of hydrogen-bond donors (Lipinski definition) is 0. The van der Waals surface area contributed by atoms with Crippen LogP contribution in [0.25, 0.3) is 0 Å². The summed E-state index contributed by atoms with van der Waals surface area (Å²) < 4.78 is 0. The lowest BCUT2D eigenvalue weighted by molar-refractivity contribution is 0.0877. The Morgan fingerprint density at radius 1 is 1.08 bits per heavy atom. The van der Waals surface area contributed by atoms with Crippen LogP contribution in [0, 0.1) is 17.3 Å². The van der Waals surface area contributed by atoms with Crippen LogP contribution in [0.4, 0.5) is 0 Å². The Labute approximate surface area is 87.0 Å². The van der Waals surface area contributed by atoms with E-state index in [9.17, 15) is 0 Å². The smallest absolute Gasteiger partial charge is 0.0389 e.